The van der Waals surface area contributed by atoms with Crippen LogP contribution < -0.4 is 11.1 Å². The number of anilines is 2. The molecule has 0 aromatic carbocycles. The van der Waals surface area contributed by atoms with Gasteiger partial charge in [0.1, 0.15) is 0 Å². The number of hydrogen-bond donors (Lipinski definition) is 2. The lowest BCUT2D eigenvalue weighted by Crippen LogP contribution is -2.33. The van der Waals surface area contributed by atoms with E-state index in [2.05, 4.69) is 25.3 Å². The topological polar surface area (TPSA) is 110 Å². The summed E-state index contributed by atoms with van der Waals surface area (Å²) in [5.41, 5.74) is 7.92. The van der Waals surface area contributed by atoms with E-state index in [1.807, 2.05) is 24.8 Å². The molecule has 8 heteroatoms. The molecule has 1 fully saturated rings. The first-order valence-electron chi connectivity index (χ1n) is 7.95. The summed E-state index contributed by atoms with van der Waals surface area (Å²) in [5.74, 6) is 0.760. The van der Waals surface area contributed by atoms with E-state index in [-0.39, 0.29) is 18.5 Å². The van der Waals surface area contributed by atoms with Crippen LogP contribution in [0.5, 0.6) is 0 Å². The van der Waals surface area contributed by atoms with E-state index in [0.717, 1.165) is 36.5 Å². The molecule has 2 aromatic heterocycles. The average Bonchev–Trinajstić information content (AvgIpc) is 2.93. The molecule has 1 amide bonds. The molecule has 24 heavy (non-hydrogen) atoms. The lowest BCUT2D eigenvalue weighted by Gasteiger charge is -2.22. The molecule has 1 aliphatic heterocycles. The number of primary amides is 1. The third-order valence-electron chi connectivity index (χ3n) is 3.94. The van der Waals surface area contributed by atoms with Gasteiger partial charge in [0, 0.05) is 11.4 Å². The number of nitrogens with two attached hydrogens (primary N) is 1. The maximum Gasteiger partial charge on any atom is 0.231 e. The van der Waals surface area contributed by atoms with Gasteiger partial charge in [-0.2, -0.15) is 0 Å². The Bertz CT molecular complexity index is 729. The quantitative estimate of drug-likeness (QED) is 0.850. The van der Waals surface area contributed by atoms with Crippen molar-refractivity contribution >= 4 is 17.7 Å². The highest BCUT2D eigenvalue weighted by Crippen LogP contribution is 2.30. The Labute approximate surface area is 140 Å². The Hall–Kier alpha value is -2.61. The van der Waals surface area contributed by atoms with Crippen molar-refractivity contribution in [1.82, 2.24) is 24.8 Å². The van der Waals surface area contributed by atoms with Crippen molar-refractivity contribution in [1.29, 1.82) is 0 Å². The van der Waals surface area contributed by atoms with Crippen molar-refractivity contribution in [3.8, 4) is 0 Å². The number of rotatable bonds is 5. The summed E-state index contributed by atoms with van der Waals surface area (Å²) in [7, 11) is 0. The van der Waals surface area contributed by atoms with Crippen LogP contribution in [0.3, 0.4) is 0 Å². The monoisotopic (exact) mass is 327 g/mol. The summed E-state index contributed by atoms with van der Waals surface area (Å²) < 4.78 is 0. The summed E-state index contributed by atoms with van der Waals surface area (Å²) in [6.45, 7) is 4.92. The number of carbonyl (C=O) groups is 1. The molecular formula is C16H21N7O. The van der Waals surface area contributed by atoms with Crippen LogP contribution in [-0.4, -0.2) is 43.8 Å². The first-order valence-corrected chi connectivity index (χ1v) is 7.95. The molecule has 0 radical (unpaired) electrons. The Morgan fingerprint density at radius 2 is 2.04 bits per heavy atom. The molecule has 3 heterocycles. The van der Waals surface area contributed by atoms with Crippen molar-refractivity contribution in [2.45, 2.75) is 32.7 Å². The van der Waals surface area contributed by atoms with Crippen LogP contribution in [0.2, 0.25) is 0 Å². The second-order valence-corrected chi connectivity index (χ2v) is 6.02. The third-order valence-corrected chi connectivity index (χ3v) is 3.94. The van der Waals surface area contributed by atoms with Gasteiger partial charge in [-0.1, -0.05) is 0 Å². The molecule has 0 bridgehead atoms. The smallest absolute Gasteiger partial charge is 0.231 e. The third kappa shape index (κ3) is 3.83. The summed E-state index contributed by atoms with van der Waals surface area (Å²) in [6, 6.07) is 1.97. The number of hydrogen-bond acceptors (Lipinski definition) is 7. The molecule has 8 nitrogen and oxygen atoms in total. The van der Waals surface area contributed by atoms with Crippen molar-refractivity contribution in [2.75, 3.05) is 18.4 Å². The summed E-state index contributed by atoms with van der Waals surface area (Å²) >= 11 is 0. The molecule has 126 valence electrons. The van der Waals surface area contributed by atoms with E-state index in [1.165, 1.54) is 0 Å². The Balaban J connectivity index is 1.80. The van der Waals surface area contributed by atoms with E-state index in [4.69, 9.17) is 5.73 Å². The highest BCUT2D eigenvalue weighted by atomic mass is 16.1. The molecule has 1 atom stereocenters. The fourth-order valence-corrected chi connectivity index (χ4v) is 3.05. The van der Waals surface area contributed by atoms with Gasteiger partial charge in [-0.3, -0.25) is 14.7 Å². The van der Waals surface area contributed by atoms with E-state index < -0.39 is 0 Å². The number of carbonyl (C=O) groups excluding carboxylic acids is 1. The molecule has 3 rings (SSSR count). The van der Waals surface area contributed by atoms with Gasteiger partial charge < -0.3 is 11.1 Å². The number of nitrogens with one attached hydrogen (secondary N) is 1. The second-order valence-electron chi connectivity index (χ2n) is 6.02. The predicted molar refractivity (Wildman–Crippen MR) is 89.6 cm³/mol. The lowest BCUT2D eigenvalue weighted by molar-refractivity contribution is -0.119. The van der Waals surface area contributed by atoms with Crippen LogP contribution in [0.4, 0.5) is 11.8 Å². The summed E-state index contributed by atoms with van der Waals surface area (Å²) in [5, 5.41) is 3.10. The van der Waals surface area contributed by atoms with Crippen LogP contribution in [0, 0.1) is 13.8 Å². The molecule has 0 spiro atoms. The number of aromatic nitrogens is 4. The van der Waals surface area contributed by atoms with Gasteiger partial charge in [0.25, 0.3) is 0 Å². The zero-order valence-electron chi connectivity index (χ0n) is 13.9. The Morgan fingerprint density at radius 1 is 1.29 bits per heavy atom. The highest BCUT2D eigenvalue weighted by molar-refractivity contribution is 5.76. The van der Waals surface area contributed by atoms with Crippen molar-refractivity contribution in [2.24, 2.45) is 5.73 Å². The molecule has 1 aliphatic rings. The van der Waals surface area contributed by atoms with Crippen LogP contribution in [-0.2, 0) is 4.79 Å². The number of amides is 1. The highest BCUT2D eigenvalue weighted by Gasteiger charge is 2.28. The largest absolute Gasteiger partial charge is 0.369 e. The van der Waals surface area contributed by atoms with Crippen LogP contribution in [0.1, 0.15) is 36.0 Å². The van der Waals surface area contributed by atoms with E-state index >= 15 is 0 Å². The molecule has 1 saturated heterocycles. The Kier molecular flexibility index (Phi) is 4.66. The zero-order valence-corrected chi connectivity index (χ0v) is 13.9. The fraction of sp³-hybridized carbons (Fsp3) is 0.438. The van der Waals surface area contributed by atoms with Crippen LogP contribution in [0.25, 0.3) is 0 Å². The molecule has 0 unspecified atom stereocenters. The first kappa shape index (κ1) is 16.3. The summed E-state index contributed by atoms with van der Waals surface area (Å²) in [4.78, 5) is 30.8. The molecule has 2 aromatic rings. The zero-order chi connectivity index (χ0) is 17.1. The minimum absolute atomic E-state index is 0.0620. The van der Waals surface area contributed by atoms with Gasteiger partial charge >= 0.3 is 0 Å². The minimum atomic E-state index is -0.326. The van der Waals surface area contributed by atoms with Gasteiger partial charge in [0.2, 0.25) is 11.9 Å². The SMILES string of the molecule is Cc1cc(C)nc(Nc2cncc([C@H]3CCCN3CC(N)=O)n2)n1. The molecule has 0 saturated carbocycles. The normalized spacial score (nSPS) is 17.8. The van der Waals surface area contributed by atoms with Crippen LogP contribution >= 0.6 is 0 Å². The number of nitrogens with zero attached hydrogens (tertiary/aromatic N) is 5. The summed E-state index contributed by atoms with van der Waals surface area (Å²) in [6.07, 6.45) is 5.32. The van der Waals surface area contributed by atoms with Gasteiger partial charge in [0.15, 0.2) is 5.82 Å². The molecule has 3 N–H and O–H groups in total. The van der Waals surface area contributed by atoms with Gasteiger partial charge in [-0.25, -0.2) is 15.0 Å². The average molecular weight is 327 g/mol. The lowest BCUT2D eigenvalue weighted by atomic mass is 10.1. The molecule has 0 aliphatic carbocycles. The number of likely N-dealkylation sites (tertiary alicyclic amines) is 1. The van der Waals surface area contributed by atoms with Crippen molar-refractivity contribution in [3.63, 3.8) is 0 Å². The molecular weight excluding hydrogens is 306 g/mol. The fourth-order valence-electron chi connectivity index (χ4n) is 3.05. The minimum Gasteiger partial charge on any atom is -0.369 e. The van der Waals surface area contributed by atoms with Crippen molar-refractivity contribution < 1.29 is 4.79 Å². The van der Waals surface area contributed by atoms with E-state index in [1.54, 1.807) is 12.4 Å². The standard InChI is InChI=1S/C16H21N7O/c1-10-6-11(2)20-16(19-10)22-15-8-18-7-12(21-15)13-4-3-5-23(13)9-14(17)24/h6-8,13H,3-5,9H2,1-2H3,(H2,17,24)(H,19,20,21,22)/t13-/m1/s1. The number of aryl methyl sites for hydroxylation is 2. The van der Waals surface area contributed by atoms with Gasteiger partial charge in [-0.05, 0) is 39.3 Å². The first-order chi connectivity index (χ1) is 11.5. The Morgan fingerprint density at radius 3 is 2.75 bits per heavy atom. The maximum atomic E-state index is 11.2. The second kappa shape index (κ2) is 6.88. The van der Waals surface area contributed by atoms with Gasteiger partial charge in [-0.15, -0.1) is 0 Å². The predicted octanol–water partition coefficient (Wildman–Crippen LogP) is 1.25. The van der Waals surface area contributed by atoms with E-state index in [9.17, 15) is 4.79 Å². The van der Waals surface area contributed by atoms with E-state index in [0.29, 0.717) is 11.8 Å². The van der Waals surface area contributed by atoms with Gasteiger partial charge in [0.05, 0.1) is 30.7 Å². The maximum absolute atomic E-state index is 11.2. The van der Waals surface area contributed by atoms with Crippen LogP contribution in [0.15, 0.2) is 18.5 Å². The van der Waals surface area contributed by atoms with Crippen molar-refractivity contribution in [3.05, 3.63) is 35.5 Å².